The molecule has 1 atom stereocenters. The van der Waals surface area contributed by atoms with Gasteiger partial charge in [0.15, 0.2) is 0 Å². The molecule has 4 nitrogen and oxygen atoms in total. The van der Waals surface area contributed by atoms with E-state index in [-0.39, 0.29) is 4.90 Å². The van der Waals surface area contributed by atoms with E-state index in [4.69, 9.17) is 0 Å². The van der Waals surface area contributed by atoms with Gasteiger partial charge in [-0.3, -0.25) is 4.55 Å². The van der Waals surface area contributed by atoms with Crippen LogP contribution in [-0.2, 0) is 10.1 Å². The van der Waals surface area contributed by atoms with Gasteiger partial charge in [-0.2, -0.15) is 8.42 Å². The van der Waals surface area contributed by atoms with Gasteiger partial charge in [0.05, 0.1) is 20.1 Å². The highest BCUT2D eigenvalue weighted by Crippen LogP contribution is 2.34. The number of unbranched alkanes of at least 4 members (excludes halogenated alkanes) is 3. The van der Waals surface area contributed by atoms with Gasteiger partial charge in [0.2, 0.25) is 0 Å². The quantitative estimate of drug-likeness (QED) is 0.419. The molecule has 1 aromatic heterocycles. The molecular weight excluding hydrogens is 338 g/mol. The molecular formula is C15H21NO3S3. The zero-order chi connectivity index (χ0) is 16.3. The lowest BCUT2D eigenvalue weighted by molar-refractivity contribution is 0.483. The molecule has 1 aromatic carbocycles. The van der Waals surface area contributed by atoms with Crippen LogP contribution in [0.3, 0.4) is 0 Å². The molecule has 2 rings (SSSR count). The molecule has 1 unspecified atom stereocenters. The Kier molecular flexibility index (Phi) is 5.87. The lowest BCUT2D eigenvalue weighted by Gasteiger charge is -2.06. The van der Waals surface area contributed by atoms with Crippen LogP contribution in [0.2, 0.25) is 0 Å². The van der Waals surface area contributed by atoms with Gasteiger partial charge in [0.1, 0.15) is 0 Å². The maximum atomic E-state index is 11.3. The summed E-state index contributed by atoms with van der Waals surface area (Å²) < 4.78 is 32.5. The molecule has 1 N–H and O–H groups in total. The van der Waals surface area contributed by atoms with E-state index in [1.54, 1.807) is 0 Å². The van der Waals surface area contributed by atoms with E-state index >= 15 is 0 Å². The molecule has 0 spiro atoms. The Morgan fingerprint density at radius 1 is 1.32 bits per heavy atom. The second kappa shape index (κ2) is 7.29. The predicted octanol–water partition coefficient (Wildman–Crippen LogP) is 4.91. The van der Waals surface area contributed by atoms with Gasteiger partial charge < -0.3 is 0 Å². The Bertz CT molecular complexity index is 753. The lowest BCUT2D eigenvalue weighted by atomic mass is 10.0. The van der Waals surface area contributed by atoms with Crippen molar-refractivity contribution in [3.8, 4) is 0 Å². The molecule has 2 aromatic rings. The number of thiol groups is 1. The molecule has 1 heterocycles. The van der Waals surface area contributed by atoms with Gasteiger partial charge in [-0.1, -0.05) is 39.5 Å². The predicted molar refractivity (Wildman–Crippen MR) is 93.9 cm³/mol. The summed E-state index contributed by atoms with van der Waals surface area (Å²) in [6.45, 7) is 4.34. The number of hydrogen-bond donors (Lipinski definition) is 2. The summed E-state index contributed by atoms with van der Waals surface area (Å²) in [7, 11) is -4.22. The average molecular weight is 360 g/mol. The third-order valence-electron chi connectivity index (χ3n) is 3.67. The van der Waals surface area contributed by atoms with Crippen LogP contribution in [0.4, 0.5) is 0 Å². The monoisotopic (exact) mass is 359 g/mol. The highest BCUT2D eigenvalue weighted by atomic mass is 32.2. The van der Waals surface area contributed by atoms with Crippen LogP contribution in [-0.4, -0.2) is 18.0 Å². The maximum absolute atomic E-state index is 11.3. The van der Waals surface area contributed by atoms with Crippen molar-refractivity contribution in [2.75, 3.05) is 0 Å². The van der Waals surface area contributed by atoms with Crippen LogP contribution < -0.4 is 0 Å². The van der Waals surface area contributed by atoms with Crippen molar-refractivity contribution in [2.45, 2.75) is 61.7 Å². The summed E-state index contributed by atoms with van der Waals surface area (Å²) in [5.74, 6) is 0.344. The number of hydrogen-bond acceptors (Lipinski definition) is 5. The molecule has 0 aliphatic carbocycles. The highest BCUT2D eigenvalue weighted by Gasteiger charge is 2.17. The molecule has 0 aliphatic rings. The SMILES string of the molecule is CCCCCCC(C)c1nc2c(S)cc(S(=O)(=O)O)cc2s1. The van der Waals surface area contributed by atoms with Crippen molar-refractivity contribution in [1.82, 2.24) is 4.98 Å². The van der Waals surface area contributed by atoms with Crippen LogP contribution in [0.25, 0.3) is 10.2 Å². The Balaban J connectivity index is 2.25. The molecule has 0 radical (unpaired) electrons. The number of nitrogens with zero attached hydrogens (tertiary/aromatic N) is 1. The normalized spacial score (nSPS) is 13.6. The number of rotatable bonds is 7. The minimum Gasteiger partial charge on any atom is -0.282 e. The van der Waals surface area contributed by atoms with Gasteiger partial charge in [0.25, 0.3) is 10.1 Å². The summed E-state index contributed by atoms with van der Waals surface area (Å²) in [4.78, 5) is 4.95. The standard InChI is InChI=1S/C15H21NO3S3/c1-3-4-5-6-7-10(2)15-16-14-12(20)8-11(22(17,18)19)9-13(14)21-15/h8-10,20H,3-7H2,1-2H3,(H,17,18,19). The van der Waals surface area contributed by atoms with E-state index in [0.717, 1.165) is 16.1 Å². The summed E-state index contributed by atoms with van der Waals surface area (Å²) in [5.41, 5.74) is 0.705. The van der Waals surface area contributed by atoms with Crippen molar-refractivity contribution < 1.29 is 13.0 Å². The maximum Gasteiger partial charge on any atom is 0.294 e. The van der Waals surface area contributed by atoms with E-state index in [1.807, 2.05) is 0 Å². The fraction of sp³-hybridized carbons (Fsp3) is 0.533. The Morgan fingerprint density at radius 2 is 2.05 bits per heavy atom. The third-order valence-corrected chi connectivity index (χ3v) is 6.08. The molecule has 0 bridgehead atoms. The second-order valence-electron chi connectivity index (χ2n) is 5.57. The summed E-state index contributed by atoms with van der Waals surface area (Å²) in [5, 5.41) is 0.995. The molecule has 0 aliphatic heterocycles. The van der Waals surface area contributed by atoms with Crippen molar-refractivity contribution >= 4 is 44.3 Å². The van der Waals surface area contributed by atoms with E-state index in [2.05, 4.69) is 31.5 Å². The van der Waals surface area contributed by atoms with Gasteiger partial charge in [-0.25, -0.2) is 4.98 Å². The van der Waals surface area contributed by atoms with Crippen molar-refractivity contribution in [3.63, 3.8) is 0 Å². The third kappa shape index (κ3) is 4.22. The Morgan fingerprint density at radius 3 is 2.68 bits per heavy atom. The molecule has 0 saturated carbocycles. The molecule has 0 amide bonds. The Labute approximate surface area is 141 Å². The van der Waals surface area contributed by atoms with Crippen LogP contribution >= 0.6 is 24.0 Å². The molecule has 0 fully saturated rings. The van der Waals surface area contributed by atoms with E-state index in [0.29, 0.717) is 16.3 Å². The highest BCUT2D eigenvalue weighted by molar-refractivity contribution is 7.86. The minimum absolute atomic E-state index is 0.129. The summed E-state index contributed by atoms with van der Waals surface area (Å²) >= 11 is 5.78. The van der Waals surface area contributed by atoms with Gasteiger partial charge in [-0.05, 0) is 18.6 Å². The fourth-order valence-electron chi connectivity index (χ4n) is 2.36. The van der Waals surface area contributed by atoms with Crippen LogP contribution in [0.15, 0.2) is 21.9 Å². The number of thiazole rings is 1. The number of fused-ring (bicyclic) bond motifs is 1. The summed E-state index contributed by atoms with van der Waals surface area (Å²) in [6.07, 6.45) is 5.96. The molecule has 22 heavy (non-hydrogen) atoms. The van der Waals surface area contributed by atoms with E-state index < -0.39 is 10.1 Å². The number of aromatic nitrogens is 1. The van der Waals surface area contributed by atoms with Crippen LogP contribution in [0.5, 0.6) is 0 Å². The first-order chi connectivity index (χ1) is 10.3. The van der Waals surface area contributed by atoms with Gasteiger partial charge in [0, 0.05) is 10.8 Å². The van der Waals surface area contributed by atoms with E-state index in [9.17, 15) is 13.0 Å². The average Bonchev–Trinajstić information content (AvgIpc) is 2.87. The fourth-order valence-corrected chi connectivity index (χ4v) is 4.57. The van der Waals surface area contributed by atoms with Crippen LogP contribution in [0, 0.1) is 0 Å². The first-order valence-electron chi connectivity index (χ1n) is 7.44. The molecule has 122 valence electrons. The second-order valence-corrected chi connectivity index (χ2v) is 8.53. The lowest BCUT2D eigenvalue weighted by Crippen LogP contribution is -1.97. The zero-order valence-corrected chi connectivity index (χ0v) is 15.3. The van der Waals surface area contributed by atoms with Gasteiger partial charge in [-0.15, -0.1) is 24.0 Å². The first-order valence-corrected chi connectivity index (χ1v) is 10.1. The Hall–Kier alpha value is -0.630. The smallest absolute Gasteiger partial charge is 0.282 e. The minimum atomic E-state index is -4.22. The molecule has 7 heteroatoms. The van der Waals surface area contributed by atoms with Crippen molar-refractivity contribution in [3.05, 3.63) is 17.1 Å². The topological polar surface area (TPSA) is 67.3 Å². The van der Waals surface area contributed by atoms with Crippen molar-refractivity contribution in [2.24, 2.45) is 0 Å². The summed E-state index contributed by atoms with van der Waals surface area (Å²) in [6, 6.07) is 2.81. The zero-order valence-electron chi connectivity index (χ0n) is 12.7. The van der Waals surface area contributed by atoms with Gasteiger partial charge >= 0.3 is 0 Å². The van der Waals surface area contributed by atoms with Crippen LogP contribution in [0.1, 0.15) is 56.9 Å². The molecule has 0 saturated heterocycles. The van der Waals surface area contributed by atoms with Crippen molar-refractivity contribution in [1.29, 1.82) is 0 Å². The largest absolute Gasteiger partial charge is 0.294 e. The first kappa shape index (κ1) is 17.7. The van der Waals surface area contributed by atoms with E-state index in [1.165, 1.54) is 49.2 Å². The number of benzene rings is 1.